The normalized spacial score (nSPS) is 18.4. The van der Waals surface area contributed by atoms with E-state index in [-0.39, 0.29) is 5.91 Å². The van der Waals surface area contributed by atoms with E-state index in [9.17, 15) is 13.2 Å². The van der Waals surface area contributed by atoms with Gasteiger partial charge in [0.1, 0.15) is 4.21 Å². The third-order valence-corrected chi connectivity index (χ3v) is 8.73. The SMILES string of the molecule is C[C@@H](CCCNC(=O)c1ccc(-c2ccc(S(C)(=O)=O)s2)cc1)CN1CCC[C@H]1C. The first-order chi connectivity index (χ1) is 14.2. The average Bonchev–Trinajstić information content (AvgIpc) is 3.35. The topological polar surface area (TPSA) is 66.5 Å². The minimum Gasteiger partial charge on any atom is -0.352 e. The molecule has 0 radical (unpaired) electrons. The Hall–Kier alpha value is -1.70. The van der Waals surface area contributed by atoms with Crippen LogP contribution < -0.4 is 5.32 Å². The first-order valence-corrected chi connectivity index (χ1v) is 13.4. The van der Waals surface area contributed by atoms with Crippen LogP contribution in [-0.2, 0) is 9.84 Å². The van der Waals surface area contributed by atoms with Gasteiger partial charge in [-0.15, -0.1) is 11.3 Å². The van der Waals surface area contributed by atoms with Crippen LogP contribution in [0.5, 0.6) is 0 Å². The number of rotatable bonds is 9. The molecule has 2 aromatic rings. The predicted octanol–water partition coefficient (Wildman–Crippen LogP) is 4.45. The molecule has 0 bridgehead atoms. The maximum atomic E-state index is 12.4. The smallest absolute Gasteiger partial charge is 0.251 e. The molecule has 2 atom stereocenters. The van der Waals surface area contributed by atoms with E-state index in [1.54, 1.807) is 24.3 Å². The molecule has 1 amide bonds. The largest absolute Gasteiger partial charge is 0.352 e. The lowest BCUT2D eigenvalue weighted by Crippen LogP contribution is -2.31. The van der Waals surface area contributed by atoms with Gasteiger partial charge in [0.25, 0.3) is 5.91 Å². The van der Waals surface area contributed by atoms with Crippen molar-refractivity contribution in [1.29, 1.82) is 0 Å². The maximum Gasteiger partial charge on any atom is 0.251 e. The van der Waals surface area contributed by atoms with Crippen LogP contribution in [0.2, 0.25) is 0 Å². The molecule has 5 nitrogen and oxygen atoms in total. The van der Waals surface area contributed by atoms with E-state index in [0.29, 0.717) is 28.3 Å². The maximum absolute atomic E-state index is 12.4. The highest BCUT2D eigenvalue weighted by Gasteiger charge is 2.21. The van der Waals surface area contributed by atoms with Gasteiger partial charge in [-0.1, -0.05) is 19.1 Å². The number of thiophene rings is 1. The fraction of sp³-hybridized carbons (Fsp3) is 0.522. The molecule has 1 N–H and O–H groups in total. The fourth-order valence-corrected chi connectivity index (χ4v) is 5.90. The van der Waals surface area contributed by atoms with Crippen molar-refractivity contribution in [3.63, 3.8) is 0 Å². The Morgan fingerprint density at radius 2 is 1.97 bits per heavy atom. The Morgan fingerprint density at radius 1 is 1.23 bits per heavy atom. The molecular formula is C23H32N2O3S2. The molecule has 1 saturated heterocycles. The van der Waals surface area contributed by atoms with Crippen molar-refractivity contribution in [2.24, 2.45) is 5.92 Å². The molecule has 1 aliphatic rings. The van der Waals surface area contributed by atoms with E-state index in [2.05, 4.69) is 24.1 Å². The van der Waals surface area contributed by atoms with Crippen LogP contribution in [0.1, 0.15) is 49.9 Å². The molecule has 30 heavy (non-hydrogen) atoms. The van der Waals surface area contributed by atoms with Crippen LogP contribution >= 0.6 is 11.3 Å². The van der Waals surface area contributed by atoms with E-state index >= 15 is 0 Å². The first-order valence-electron chi connectivity index (χ1n) is 10.7. The summed E-state index contributed by atoms with van der Waals surface area (Å²) >= 11 is 1.25. The highest BCUT2D eigenvalue weighted by atomic mass is 32.2. The molecule has 2 heterocycles. The molecule has 0 saturated carbocycles. The molecular weight excluding hydrogens is 416 g/mol. The number of benzene rings is 1. The number of hydrogen-bond donors (Lipinski definition) is 1. The van der Waals surface area contributed by atoms with Gasteiger partial charge >= 0.3 is 0 Å². The summed E-state index contributed by atoms with van der Waals surface area (Å²) in [6.07, 6.45) is 5.94. The monoisotopic (exact) mass is 448 g/mol. The Morgan fingerprint density at radius 3 is 2.57 bits per heavy atom. The molecule has 0 unspecified atom stereocenters. The zero-order valence-electron chi connectivity index (χ0n) is 18.1. The summed E-state index contributed by atoms with van der Waals surface area (Å²) in [6, 6.07) is 11.5. The van der Waals surface area contributed by atoms with Crippen molar-refractivity contribution >= 4 is 27.1 Å². The molecule has 1 aromatic heterocycles. The Bertz CT molecular complexity index is 951. The van der Waals surface area contributed by atoms with Crippen LogP contribution in [0.4, 0.5) is 0 Å². The number of likely N-dealkylation sites (tertiary alicyclic amines) is 1. The van der Waals surface area contributed by atoms with Gasteiger partial charge < -0.3 is 10.2 Å². The molecule has 0 spiro atoms. The van der Waals surface area contributed by atoms with Crippen molar-refractivity contribution in [1.82, 2.24) is 10.2 Å². The number of sulfone groups is 1. The van der Waals surface area contributed by atoms with Crippen molar-refractivity contribution in [3.8, 4) is 10.4 Å². The lowest BCUT2D eigenvalue weighted by atomic mass is 10.0. The van der Waals surface area contributed by atoms with Crippen LogP contribution in [0.3, 0.4) is 0 Å². The van der Waals surface area contributed by atoms with E-state index in [1.807, 2.05) is 12.1 Å². The second-order valence-corrected chi connectivity index (χ2v) is 11.8. The predicted molar refractivity (Wildman–Crippen MR) is 124 cm³/mol. The van der Waals surface area contributed by atoms with Gasteiger partial charge in [-0.05, 0) is 74.9 Å². The van der Waals surface area contributed by atoms with Gasteiger partial charge in [0.05, 0.1) is 0 Å². The van der Waals surface area contributed by atoms with Gasteiger partial charge in [-0.2, -0.15) is 0 Å². The lowest BCUT2D eigenvalue weighted by Gasteiger charge is -2.24. The van der Waals surface area contributed by atoms with Crippen molar-refractivity contribution in [2.75, 3.05) is 25.9 Å². The molecule has 0 aliphatic carbocycles. The van der Waals surface area contributed by atoms with Gasteiger partial charge in [-0.25, -0.2) is 8.42 Å². The minimum atomic E-state index is -3.19. The minimum absolute atomic E-state index is 0.0645. The highest BCUT2D eigenvalue weighted by molar-refractivity contribution is 7.92. The van der Waals surface area contributed by atoms with Crippen molar-refractivity contribution < 1.29 is 13.2 Å². The number of nitrogens with one attached hydrogen (secondary N) is 1. The number of hydrogen-bond acceptors (Lipinski definition) is 5. The Kier molecular flexibility index (Phi) is 7.71. The third-order valence-electron chi connectivity index (χ3n) is 5.77. The molecule has 1 aromatic carbocycles. The summed E-state index contributed by atoms with van der Waals surface area (Å²) in [5.74, 6) is 0.578. The summed E-state index contributed by atoms with van der Waals surface area (Å²) < 4.78 is 23.6. The molecule has 1 fully saturated rings. The first kappa shape index (κ1) is 23.0. The van der Waals surface area contributed by atoms with E-state index < -0.39 is 9.84 Å². The number of amides is 1. The van der Waals surface area contributed by atoms with E-state index in [1.165, 1.54) is 37.0 Å². The summed E-state index contributed by atoms with van der Waals surface area (Å²) in [7, 11) is -3.19. The van der Waals surface area contributed by atoms with Crippen molar-refractivity contribution in [3.05, 3.63) is 42.0 Å². The summed E-state index contributed by atoms with van der Waals surface area (Å²) in [5.41, 5.74) is 1.54. The fourth-order valence-electron chi connectivity index (χ4n) is 3.97. The van der Waals surface area contributed by atoms with Crippen LogP contribution in [0.25, 0.3) is 10.4 Å². The van der Waals surface area contributed by atoms with Crippen LogP contribution in [0.15, 0.2) is 40.6 Å². The highest BCUT2D eigenvalue weighted by Crippen LogP contribution is 2.30. The molecule has 164 valence electrons. The zero-order chi connectivity index (χ0) is 21.7. The Balaban J connectivity index is 1.44. The van der Waals surface area contributed by atoms with Crippen molar-refractivity contribution in [2.45, 2.75) is 49.8 Å². The van der Waals surface area contributed by atoms with Gasteiger partial charge in [-0.3, -0.25) is 4.79 Å². The van der Waals surface area contributed by atoms with Gasteiger partial charge in [0.2, 0.25) is 0 Å². The summed E-state index contributed by atoms with van der Waals surface area (Å²) in [4.78, 5) is 15.9. The molecule has 3 rings (SSSR count). The molecule has 7 heteroatoms. The Labute approximate surface area is 184 Å². The van der Waals surface area contributed by atoms with E-state index in [4.69, 9.17) is 0 Å². The molecule has 1 aliphatic heterocycles. The lowest BCUT2D eigenvalue weighted by molar-refractivity contribution is 0.0952. The summed E-state index contributed by atoms with van der Waals surface area (Å²) in [6.45, 7) is 7.67. The second kappa shape index (κ2) is 10.1. The zero-order valence-corrected chi connectivity index (χ0v) is 19.7. The second-order valence-electron chi connectivity index (χ2n) is 8.46. The van der Waals surface area contributed by atoms with Gasteiger partial charge in [0, 0.05) is 35.8 Å². The van der Waals surface area contributed by atoms with Crippen LogP contribution in [-0.4, -0.2) is 51.2 Å². The third kappa shape index (κ3) is 6.15. The standard InChI is InChI=1S/C23H32N2O3S2/c1-17(16-25-15-5-7-18(25)2)6-4-14-24-23(26)20-10-8-19(9-11-20)21-12-13-22(29-21)30(3,27)28/h8-13,17-18H,4-7,14-16H2,1-3H3,(H,24,26)/t17-,18+/m0/s1. The number of carbonyl (C=O) groups is 1. The number of carbonyl (C=O) groups excluding carboxylic acids is 1. The number of nitrogens with zero attached hydrogens (tertiary/aromatic N) is 1. The quantitative estimate of drug-likeness (QED) is 0.576. The summed E-state index contributed by atoms with van der Waals surface area (Å²) in [5, 5.41) is 3.01. The van der Waals surface area contributed by atoms with E-state index in [0.717, 1.165) is 29.8 Å². The van der Waals surface area contributed by atoms with Crippen LogP contribution in [0, 0.1) is 5.92 Å². The average molecular weight is 449 g/mol. The van der Waals surface area contributed by atoms with Gasteiger partial charge in [0.15, 0.2) is 9.84 Å².